The van der Waals surface area contributed by atoms with Gasteiger partial charge in [-0.15, -0.1) is 0 Å². The second-order valence-electron chi connectivity index (χ2n) is 7.83. The van der Waals surface area contributed by atoms with Crippen molar-refractivity contribution in [1.82, 2.24) is 0 Å². The van der Waals surface area contributed by atoms with Gasteiger partial charge >= 0.3 is 0 Å². The first-order valence-corrected chi connectivity index (χ1v) is 10.9. The lowest BCUT2D eigenvalue weighted by molar-refractivity contribution is -0.125. The summed E-state index contributed by atoms with van der Waals surface area (Å²) in [6.45, 7) is 4.43. The maximum absolute atomic E-state index is 12.8. The molecule has 1 aliphatic heterocycles. The topological polar surface area (TPSA) is 67.9 Å². The Morgan fingerprint density at radius 3 is 2.61 bits per heavy atom. The molecular formula is C27H26N2O4. The number of amides is 2. The van der Waals surface area contributed by atoms with Gasteiger partial charge in [0.25, 0.3) is 5.91 Å². The Hall–Kier alpha value is -4.06. The fourth-order valence-electron chi connectivity index (χ4n) is 3.52. The molecule has 1 N–H and O–H groups in total. The Labute approximate surface area is 193 Å². The highest BCUT2D eigenvalue weighted by Gasteiger charge is 2.31. The first kappa shape index (κ1) is 22.1. The van der Waals surface area contributed by atoms with E-state index in [1.54, 1.807) is 36.1 Å². The van der Waals surface area contributed by atoms with E-state index in [0.29, 0.717) is 30.3 Å². The zero-order chi connectivity index (χ0) is 23.2. The normalized spacial score (nSPS) is 15.2. The van der Waals surface area contributed by atoms with E-state index in [1.807, 2.05) is 61.5 Å². The second-order valence-corrected chi connectivity index (χ2v) is 7.83. The molecule has 3 aromatic rings. The molecule has 0 spiro atoms. The number of carbonyl (C=O) groups is 2. The van der Waals surface area contributed by atoms with Crippen molar-refractivity contribution in [2.75, 3.05) is 23.4 Å². The van der Waals surface area contributed by atoms with Crippen LogP contribution in [0.5, 0.6) is 11.5 Å². The maximum Gasteiger partial charge on any atom is 0.267 e. The lowest BCUT2D eigenvalue weighted by Gasteiger charge is -2.33. The number of hydrogen-bond donors (Lipinski definition) is 1. The van der Waals surface area contributed by atoms with Crippen LogP contribution in [-0.2, 0) is 9.59 Å². The Morgan fingerprint density at radius 1 is 1.09 bits per heavy atom. The van der Waals surface area contributed by atoms with Crippen LogP contribution in [0.2, 0.25) is 0 Å². The van der Waals surface area contributed by atoms with E-state index in [2.05, 4.69) is 5.32 Å². The van der Waals surface area contributed by atoms with Crippen LogP contribution in [0.15, 0.2) is 78.9 Å². The molecule has 0 radical (unpaired) electrons. The summed E-state index contributed by atoms with van der Waals surface area (Å²) in [6, 6.07) is 22.6. The van der Waals surface area contributed by atoms with Crippen molar-refractivity contribution in [2.45, 2.75) is 20.0 Å². The molecule has 0 fully saturated rings. The van der Waals surface area contributed by atoms with E-state index in [1.165, 1.54) is 6.08 Å². The Balaban J connectivity index is 1.45. The minimum absolute atomic E-state index is 0.151. The molecule has 0 aromatic heterocycles. The minimum Gasteiger partial charge on any atom is -0.492 e. The van der Waals surface area contributed by atoms with Gasteiger partial charge in [0.05, 0.1) is 12.2 Å². The molecule has 33 heavy (non-hydrogen) atoms. The molecule has 1 atom stereocenters. The maximum atomic E-state index is 12.8. The number of hydrogen-bond acceptors (Lipinski definition) is 4. The summed E-state index contributed by atoms with van der Waals surface area (Å²) in [5, 5.41) is 2.85. The summed E-state index contributed by atoms with van der Waals surface area (Å²) < 4.78 is 11.6. The van der Waals surface area contributed by atoms with Crippen LogP contribution in [-0.4, -0.2) is 31.1 Å². The minimum atomic E-state index is -0.592. The highest BCUT2D eigenvalue weighted by atomic mass is 16.5. The molecule has 6 nitrogen and oxygen atoms in total. The first-order chi connectivity index (χ1) is 16.0. The highest BCUT2D eigenvalue weighted by molar-refractivity contribution is 6.04. The van der Waals surface area contributed by atoms with Gasteiger partial charge in [-0.1, -0.05) is 48.0 Å². The lowest BCUT2D eigenvalue weighted by atomic mass is 10.1. The van der Waals surface area contributed by atoms with Crippen molar-refractivity contribution in [1.29, 1.82) is 0 Å². The summed E-state index contributed by atoms with van der Waals surface area (Å²) in [5.74, 6) is 0.933. The Morgan fingerprint density at radius 2 is 1.85 bits per heavy atom. The summed E-state index contributed by atoms with van der Waals surface area (Å²) in [6.07, 6.45) is 2.63. The Kier molecular flexibility index (Phi) is 6.74. The molecule has 168 valence electrons. The predicted octanol–water partition coefficient (Wildman–Crippen LogP) is 4.84. The molecular weight excluding hydrogens is 416 g/mol. The van der Waals surface area contributed by atoms with E-state index in [9.17, 15) is 9.59 Å². The van der Waals surface area contributed by atoms with Crippen LogP contribution in [0.3, 0.4) is 0 Å². The van der Waals surface area contributed by atoms with Gasteiger partial charge in [-0.25, -0.2) is 0 Å². The highest BCUT2D eigenvalue weighted by Crippen LogP contribution is 2.36. The quantitative estimate of drug-likeness (QED) is 0.532. The average Bonchev–Trinajstić information content (AvgIpc) is 2.82. The summed E-state index contributed by atoms with van der Waals surface area (Å²) in [7, 11) is 0. The van der Waals surface area contributed by atoms with Gasteiger partial charge < -0.3 is 19.7 Å². The van der Waals surface area contributed by atoms with Crippen LogP contribution in [0.1, 0.15) is 18.1 Å². The number of aryl methyl sites for hydroxylation is 1. The molecule has 3 aromatic carbocycles. The molecule has 1 heterocycles. The van der Waals surface area contributed by atoms with Crippen molar-refractivity contribution in [2.24, 2.45) is 0 Å². The van der Waals surface area contributed by atoms with Gasteiger partial charge in [0.15, 0.2) is 6.10 Å². The number of nitrogens with zero attached hydrogens (tertiary/aromatic N) is 1. The number of nitrogens with one attached hydrogen (secondary N) is 1. The molecule has 1 aliphatic rings. The van der Waals surface area contributed by atoms with Crippen LogP contribution < -0.4 is 19.7 Å². The summed E-state index contributed by atoms with van der Waals surface area (Å²) in [5.41, 5.74) is 3.27. The largest absolute Gasteiger partial charge is 0.492 e. The number of fused-ring (bicyclic) bond motifs is 1. The lowest BCUT2D eigenvalue weighted by Crippen LogP contribution is -2.46. The fraction of sp³-hybridized carbons (Fsp3) is 0.185. The van der Waals surface area contributed by atoms with Gasteiger partial charge in [0.2, 0.25) is 5.91 Å². The van der Waals surface area contributed by atoms with Crippen LogP contribution >= 0.6 is 0 Å². The van der Waals surface area contributed by atoms with Gasteiger partial charge in [-0.2, -0.15) is 0 Å². The van der Waals surface area contributed by atoms with E-state index in [0.717, 1.165) is 16.9 Å². The predicted molar refractivity (Wildman–Crippen MR) is 130 cm³/mol. The van der Waals surface area contributed by atoms with E-state index >= 15 is 0 Å². The van der Waals surface area contributed by atoms with Crippen LogP contribution in [0.4, 0.5) is 11.4 Å². The van der Waals surface area contributed by atoms with Crippen LogP contribution in [0, 0.1) is 6.92 Å². The van der Waals surface area contributed by atoms with Crippen molar-refractivity contribution < 1.29 is 19.1 Å². The third-order valence-electron chi connectivity index (χ3n) is 5.27. The third-order valence-corrected chi connectivity index (χ3v) is 5.27. The number of benzene rings is 3. The standard InChI is InChI=1S/C27H26N2O4/c1-19-8-12-23(13-9-19)32-17-16-29-24-18-22(11-14-25(24)33-20(2)27(29)31)28-26(30)15-10-21-6-4-3-5-7-21/h3-15,18,20H,16-17H2,1-2H3,(H,28,30)/b15-10+. The molecule has 1 unspecified atom stereocenters. The molecule has 0 saturated heterocycles. The molecule has 0 saturated carbocycles. The summed E-state index contributed by atoms with van der Waals surface area (Å²) in [4.78, 5) is 26.8. The zero-order valence-electron chi connectivity index (χ0n) is 18.7. The number of rotatable bonds is 7. The van der Waals surface area contributed by atoms with Crippen LogP contribution in [0.25, 0.3) is 6.08 Å². The summed E-state index contributed by atoms with van der Waals surface area (Å²) >= 11 is 0. The SMILES string of the molecule is Cc1ccc(OCCN2C(=O)C(C)Oc3ccc(NC(=O)/C=C/c4ccccc4)cc32)cc1. The monoisotopic (exact) mass is 442 g/mol. The van der Waals surface area contributed by atoms with Gasteiger partial charge in [-0.05, 0) is 55.8 Å². The second kappa shape index (κ2) is 10.0. The van der Waals surface area contributed by atoms with Crippen molar-refractivity contribution in [3.63, 3.8) is 0 Å². The smallest absolute Gasteiger partial charge is 0.267 e. The fourth-order valence-corrected chi connectivity index (χ4v) is 3.52. The van der Waals surface area contributed by atoms with Gasteiger partial charge in [0, 0.05) is 11.8 Å². The first-order valence-electron chi connectivity index (χ1n) is 10.9. The number of anilines is 2. The van der Waals surface area contributed by atoms with Gasteiger partial charge in [0.1, 0.15) is 18.1 Å². The molecule has 2 amide bonds. The Bertz CT molecular complexity index is 1160. The van der Waals surface area contributed by atoms with Gasteiger partial charge in [-0.3, -0.25) is 9.59 Å². The molecule has 0 bridgehead atoms. The van der Waals surface area contributed by atoms with E-state index in [4.69, 9.17) is 9.47 Å². The number of ether oxygens (including phenoxy) is 2. The molecule has 6 heteroatoms. The van der Waals surface area contributed by atoms with Crippen molar-refractivity contribution >= 4 is 29.3 Å². The van der Waals surface area contributed by atoms with Crippen molar-refractivity contribution in [3.8, 4) is 11.5 Å². The third kappa shape index (κ3) is 5.60. The van der Waals surface area contributed by atoms with Crippen molar-refractivity contribution in [3.05, 3.63) is 90.0 Å². The number of carbonyl (C=O) groups excluding carboxylic acids is 2. The average molecular weight is 443 g/mol. The molecule has 0 aliphatic carbocycles. The van der Waals surface area contributed by atoms with E-state index < -0.39 is 6.10 Å². The zero-order valence-corrected chi connectivity index (χ0v) is 18.7. The van der Waals surface area contributed by atoms with E-state index in [-0.39, 0.29) is 11.8 Å². The molecule has 4 rings (SSSR count).